The summed E-state index contributed by atoms with van der Waals surface area (Å²) in [5.74, 6) is 0.119. The third-order valence-corrected chi connectivity index (χ3v) is 6.47. The number of ether oxygens (including phenoxy) is 1. The molecule has 1 N–H and O–H groups in total. The van der Waals surface area contributed by atoms with E-state index in [9.17, 15) is 18.0 Å². The van der Waals surface area contributed by atoms with Crippen LogP contribution in [-0.4, -0.2) is 51.8 Å². The van der Waals surface area contributed by atoms with Crippen LogP contribution in [-0.2, 0) is 19.6 Å². The second kappa shape index (κ2) is 8.62. The van der Waals surface area contributed by atoms with E-state index in [0.717, 1.165) is 10.7 Å². The molecule has 0 saturated carbocycles. The first-order chi connectivity index (χ1) is 13.8. The molecule has 29 heavy (non-hydrogen) atoms. The standard InChI is InChI=1S/C20H23N3O5S/c1-22(29(26,27)18-10-8-17(28-2)9-11-18)14-19(24)21-15-5-3-6-16(13-15)23-12-4-7-20(23)25/h3,5-6,8-11,13H,4,7,12,14H2,1-2H3,(H,21,24). The topological polar surface area (TPSA) is 96.0 Å². The van der Waals surface area contributed by atoms with Gasteiger partial charge in [-0.2, -0.15) is 4.31 Å². The molecule has 1 aliphatic rings. The predicted octanol–water partition coefficient (Wildman–Crippen LogP) is 2.08. The number of methoxy groups -OCH3 is 1. The van der Waals surface area contributed by atoms with Crippen molar-refractivity contribution in [2.75, 3.05) is 37.5 Å². The van der Waals surface area contributed by atoms with E-state index in [1.54, 1.807) is 41.3 Å². The normalized spacial score (nSPS) is 14.3. The van der Waals surface area contributed by atoms with Crippen molar-refractivity contribution in [3.8, 4) is 5.75 Å². The van der Waals surface area contributed by atoms with Crippen LogP contribution in [0, 0.1) is 0 Å². The van der Waals surface area contributed by atoms with Crippen molar-refractivity contribution in [2.45, 2.75) is 17.7 Å². The van der Waals surface area contributed by atoms with Crippen LogP contribution in [0.4, 0.5) is 11.4 Å². The SMILES string of the molecule is COc1ccc(S(=O)(=O)N(C)CC(=O)Nc2cccc(N3CCCC3=O)c2)cc1. The molecule has 0 aliphatic carbocycles. The van der Waals surface area contributed by atoms with Gasteiger partial charge in [-0.05, 0) is 48.9 Å². The third kappa shape index (κ3) is 4.75. The molecule has 3 rings (SSSR count). The summed E-state index contributed by atoms with van der Waals surface area (Å²) in [6.07, 6.45) is 1.33. The molecule has 1 aliphatic heterocycles. The van der Waals surface area contributed by atoms with E-state index in [0.29, 0.717) is 30.1 Å². The minimum absolute atomic E-state index is 0.0544. The molecule has 0 unspecified atom stereocenters. The first-order valence-electron chi connectivity index (χ1n) is 9.12. The van der Waals surface area contributed by atoms with Gasteiger partial charge >= 0.3 is 0 Å². The highest BCUT2D eigenvalue weighted by atomic mass is 32.2. The molecule has 2 aromatic rings. The molecule has 1 fully saturated rings. The lowest BCUT2D eigenvalue weighted by molar-refractivity contribution is -0.117. The smallest absolute Gasteiger partial charge is 0.243 e. The molecule has 9 heteroatoms. The third-order valence-electron chi connectivity index (χ3n) is 4.65. The Morgan fingerprint density at radius 2 is 1.93 bits per heavy atom. The van der Waals surface area contributed by atoms with Crippen LogP contribution >= 0.6 is 0 Å². The van der Waals surface area contributed by atoms with Gasteiger partial charge in [-0.25, -0.2) is 8.42 Å². The van der Waals surface area contributed by atoms with Gasteiger partial charge in [-0.1, -0.05) is 6.07 Å². The van der Waals surface area contributed by atoms with E-state index in [4.69, 9.17) is 4.74 Å². The highest BCUT2D eigenvalue weighted by Crippen LogP contribution is 2.24. The summed E-state index contributed by atoms with van der Waals surface area (Å²) in [6, 6.07) is 12.9. The number of likely N-dealkylation sites (N-methyl/N-ethyl adjacent to an activating group) is 1. The Labute approximate surface area is 170 Å². The van der Waals surface area contributed by atoms with E-state index in [-0.39, 0.29) is 17.3 Å². The Morgan fingerprint density at radius 1 is 1.21 bits per heavy atom. The summed E-state index contributed by atoms with van der Waals surface area (Å²) in [4.78, 5) is 26.0. The first kappa shape index (κ1) is 20.8. The van der Waals surface area contributed by atoms with Crippen LogP contribution in [0.25, 0.3) is 0 Å². The Hall–Kier alpha value is -2.91. The number of nitrogens with one attached hydrogen (secondary N) is 1. The van der Waals surface area contributed by atoms with Crippen molar-refractivity contribution in [3.63, 3.8) is 0 Å². The van der Waals surface area contributed by atoms with Crippen LogP contribution in [0.2, 0.25) is 0 Å². The van der Waals surface area contributed by atoms with Crippen LogP contribution in [0.5, 0.6) is 5.75 Å². The summed E-state index contributed by atoms with van der Waals surface area (Å²) >= 11 is 0. The van der Waals surface area contributed by atoms with E-state index < -0.39 is 15.9 Å². The Kier molecular flexibility index (Phi) is 6.19. The molecule has 0 bridgehead atoms. The maximum Gasteiger partial charge on any atom is 0.243 e. The highest BCUT2D eigenvalue weighted by Gasteiger charge is 2.24. The highest BCUT2D eigenvalue weighted by molar-refractivity contribution is 7.89. The maximum absolute atomic E-state index is 12.6. The number of carbonyl (C=O) groups is 2. The maximum atomic E-state index is 12.6. The minimum Gasteiger partial charge on any atom is -0.497 e. The quantitative estimate of drug-likeness (QED) is 0.744. The van der Waals surface area contributed by atoms with Gasteiger partial charge in [-0.3, -0.25) is 9.59 Å². The molecule has 0 aromatic heterocycles. The van der Waals surface area contributed by atoms with Crippen molar-refractivity contribution >= 4 is 33.2 Å². The van der Waals surface area contributed by atoms with Gasteiger partial charge in [-0.15, -0.1) is 0 Å². The molecular weight excluding hydrogens is 394 g/mol. The summed E-state index contributed by atoms with van der Waals surface area (Å²) in [5.41, 5.74) is 1.21. The summed E-state index contributed by atoms with van der Waals surface area (Å²) < 4.78 is 31.3. The number of hydrogen-bond donors (Lipinski definition) is 1. The molecular formula is C20H23N3O5S. The Bertz CT molecular complexity index is 1010. The molecule has 1 saturated heterocycles. The lowest BCUT2D eigenvalue weighted by atomic mass is 10.2. The number of sulfonamides is 1. The van der Waals surface area contributed by atoms with E-state index >= 15 is 0 Å². The monoisotopic (exact) mass is 417 g/mol. The average Bonchev–Trinajstić information content (AvgIpc) is 3.14. The second-order valence-corrected chi connectivity index (χ2v) is 8.73. The Morgan fingerprint density at radius 3 is 2.55 bits per heavy atom. The van der Waals surface area contributed by atoms with E-state index in [2.05, 4.69) is 5.32 Å². The fourth-order valence-corrected chi connectivity index (χ4v) is 4.22. The fourth-order valence-electron chi connectivity index (χ4n) is 3.09. The van der Waals surface area contributed by atoms with Crippen LogP contribution in [0.15, 0.2) is 53.4 Å². The van der Waals surface area contributed by atoms with Gasteiger partial charge in [0.15, 0.2) is 0 Å². The van der Waals surface area contributed by atoms with Crippen LogP contribution in [0.1, 0.15) is 12.8 Å². The molecule has 154 valence electrons. The number of nitrogens with zero attached hydrogens (tertiary/aromatic N) is 2. The van der Waals surface area contributed by atoms with Crippen LogP contribution in [0.3, 0.4) is 0 Å². The van der Waals surface area contributed by atoms with Crippen LogP contribution < -0.4 is 15.0 Å². The van der Waals surface area contributed by atoms with Crippen molar-refractivity contribution in [2.24, 2.45) is 0 Å². The zero-order chi connectivity index (χ0) is 21.0. The second-order valence-electron chi connectivity index (χ2n) is 6.68. The number of rotatable bonds is 7. The van der Waals surface area contributed by atoms with Gasteiger partial charge in [0.25, 0.3) is 0 Å². The minimum atomic E-state index is -3.82. The van der Waals surface area contributed by atoms with E-state index in [1.807, 2.05) is 0 Å². The summed E-state index contributed by atoms with van der Waals surface area (Å²) in [7, 11) is -0.975. The number of amides is 2. The zero-order valence-electron chi connectivity index (χ0n) is 16.3. The number of hydrogen-bond acceptors (Lipinski definition) is 5. The molecule has 0 atom stereocenters. The molecule has 2 amide bonds. The van der Waals surface area contributed by atoms with Gasteiger partial charge in [0.2, 0.25) is 21.8 Å². The number of anilines is 2. The Balaban J connectivity index is 1.66. The average molecular weight is 417 g/mol. The van der Waals surface area contributed by atoms with Gasteiger partial charge < -0.3 is 15.0 Å². The molecule has 8 nitrogen and oxygen atoms in total. The largest absolute Gasteiger partial charge is 0.497 e. The molecule has 0 spiro atoms. The van der Waals surface area contributed by atoms with Gasteiger partial charge in [0, 0.05) is 31.4 Å². The van der Waals surface area contributed by atoms with Crippen molar-refractivity contribution < 1.29 is 22.7 Å². The summed E-state index contributed by atoms with van der Waals surface area (Å²) in [6.45, 7) is 0.306. The van der Waals surface area contributed by atoms with Crippen molar-refractivity contribution in [1.29, 1.82) is 0 Å². The predicted molar refractivity (Wildman–Crippen MR) is 109 cm³/mol. The molecule has 2 aromatic carbocycles. The van der Waals surface area contributed by atoms with Gasteiger partial charge in [0.1, 0.15) is 5.75 Å². The van der Waals surface area contributed by atoms with Crippen molar-refractivity contribution in [3.05, 3.63) is 48.5 Å². The first-order valence-corrected chi connectivity index (χ1v) is 10.6. The molecule has 1 heterocycles. The van der Waals surface area contributed by atoms with Crippen molar-refractivity contribution in [1.82, 2.24) is 4.31 Å². The number of benzene rings is 2. The zero-order valence-corrected chi connectivity index (χ0v) is 17.1. The summed E-state index contributed by atoms with van der Waals surface area (Å²) in [5, 5.41) is 2.69. The lowest BCUT2D eigenvalue weighted by Gasteiger charge is -2.18. The van der Waals surface area contributed by atoms with E-state index in [1.165, 1.54) is 26.3 Å². The number of carbonyl (C=O) groups excluding carboxylic acids is 2. The molecule has 0 radical (unpaired) electrons. The fraction of sp³-hybridized carbons (Fsp3) is 0.300. The lowest BCUT2D eigenvalue weighted by Crippen LogP contribution is -2.35. The van der Waals surface area contributed by atoms with Gasteiger partial charge in [0.05, 0.1) is 18.6 Å².